The highest BCUT2D eigenvalue weighted by Crippen LogP contribution is 2.27. The van der Waals surface area contributed by atoms with Crippen LogP contribution in [0.4, 0.5) is 0 Å². The molecule has 0 radical (unpaired) electrons. The summed E-state index contributed by atoms with van der Waals surface area (Å²) in [7, 11) is 1.86. The second kappa shape index (κ2) is 9.20. The van der Waals surface area contributed by atoms with Crippen molar-refractivity contribution in [3.63, 3.8) is 0 Å². The Morgan fingerprint density at radius 3 is 2.56 bits per heavy atom. The van der Waals surface area contributed by atoms with E-state index in [4.69, 9.17) is 0 Å². The van der Waals surface area contributed by atoms with Gasteiger partial charge in [0.2, 0.25) is 0 Å². The van der Waals surface area contributed by atoms with E-state index in [0.29, 0.717) is 12.5 Å². The predicted molar refractivity (Wildman–Crippen MR) is 114 cm³/mol. The molecule has 0 fully saturated rings. The quantitative estimate of drug-likeness (QED) is 0.471. The van der Waals surface area contributed by atoms with Gasteiger partial charge >= 0.3 is 0 Å². The molecule has 3 aromatic rings. The Labute approximate surface area is 169 Å². The fourth-order valence-electron chi connectivity index (χ4n) is 2.79. The summed E-state index contributed by atoms with van der Waals surface area (Å²) in [4.78, 5) is 20.1. The van der Waals surface area contributed by atoms with E-state index in [0.717, 1.165) is 27.5 Å². The van der Waals surface area contributed by atoms with Crippen molar-refractivity contribution in [2.75, 3.05) is 7.05 Å². The van der Waals surface area contributed by atoms with Gasteiger partial charge in [0.05, 0.1) is 16.8 Å². The van der Waals surface area contributed by atoms with Crippen molar-refractivity contribution in [3.05, 3.63) is 81.8 Å². The number of carbonyl (C=O) groups is 1. The molecule has 0 saturated carbocycles. The topological polar surface area (TPSA) is 33.2 Å². The third kappa shape index (κ3) is 5.21. The molecule has 0 aliphatic carbocycles. The first-order chi connectivity index (χ1) is 13.0. The first-order valence-electron chi connectivity index (χ1n) is 8.98. The van der Waals surface area contributed by atoms with Crippen molar-refractivity contribution in [1.82, 2.24) is 9.88 Å². The zero-order valence-electron chi connectivity index (χ0n) is 15.9. The van der Waals surface area contributed by atoms with Crippen LogP contribution in [0.15, 0.2) is 64.3 Å². The molecule has 1 aromatic heterocycles. The third-order valence-electron chi connectivity index (χ3n) is 4.39. The van der Waals surface area contributed by atoms with Gasteiger partial charge in [-0.3, -0.25) is 4.79 Å². The van der Waals surface area contributed by atoms with E-state index in [1.165, 1.54) is 5.56 Å². The lowest BCUT2D eigenvalue weighted by Gasteiger charge is -2.19. The molecule has 0 saturated heterocycles. The van der Waals surface area contributed by atoms with Gasteiger partial charge in [0.25, 0.3) is 5.91 Å². The van der Waals surface area contributed by atoms with E-state index in [1.807, 2.05) is 42.2 Å². The largest absolute Gasteiger partial charge is 0.337 e. The van der Waals surface area contributed by atoms with Gasteiger partial charge in [-0.05, 0) is 29.2 Å². The van der Waals surface area contributed by atoms with E-state index >= 15 is 0 Å². The van der Waals surface area contributed by atoms with Gasteiger partial charge in [-0.25, -0.2) is 4.98 Å². The van der Waals surface area contributed by atoms with Gasteiger partial charge in [0, 0.05) is 29.6 Å². The van der Waals surface area contributed by atoms with Crippen LogP contribution in [0.25, 0.3) is 0 Å². The Balaban J connectivity index is 1.69. The minimum atomic E-state index is 0.0457. The molecule has 0 spiro atoms. The van der Waals surface area contributed by atoms with Crippen LogP contribution in [-0.2, 0) is 12.3 Å². The summed E-state index contributed by atoms with van der Waals surface area (Å²) in [5.74, 6) is 1.33. The van der Waals surface area contributed by atoms with Crippen LogP contribution in [0.5, 0.6) is 0 Å². The highest BCUT2D eigenvalue weighted by molar-refractivity contribution is 7.98. The first kappa shape index (κ1) is 19.6. The molecule has 0 N–H and O–H groups in total. The maximum atomic E-state index is 13.0. The Morgan fingerprint density at radius 2 is 1.89 bits per heavy atom. The second-order valence-corrected chi connectivity index (χ2v) is 8.56. The summed E-state index contributed by atoms with van der Waals surface area (Å²) in [5.41, 5.74) is 6.09. The maximum absolute atomic E-state index is 13.0. The van der Waals surface area contributed by atoms with Crippen molar-refractivity contribution in [1.29, 1.82) is 0 Å². The fraction of sp³-hybridized carbons (Fsp3) is 0.273. The van der Waals surface area contributed by atoms with E-state index in [-0.39, 0.29) is 5.91 Å². The lowest BCUT2D eigenvalue weighted by Crippen LogP contribution is -2.26. The molecule has 27 heavy (non-hydrogen) atoms. The average molecular weight is 397 g/mol. The fourth-order valence-corrected chi connectivity index (χ4v) is 4.40. The van der Waals surface area contributed by atoms with Crippen molar-refractivity contribution in [2.24, 2.45) is 0 Å². The molecule has 1 amide bonds. The lowest BCUT2D eigenvalue weighted by molar-refractivity contribution is 0.0781. The minimum absolute atomic E-state index is 0.0457. The van der Waals surface area contributed by atoms with E-state index < -0.39 is 0 Å². The number of hydrogen-bond acceptors (Lipinski definition) is 4. The Bertz CT molecular complexity index is 874. The standard InChI is InChI=1S/C22H24N2OS2/c1-16(2)18-10-8-17(9-11-18)12-24(3)22(25)20-6-4-5-7-21(20)27-14-19-13-26-15-23-19/h4-11,13,15-16H,12,14H2,1-3H3. The summed E-state index contributed by atoms with van der Waals surface area (Å²) >= 11 is 3.25. The highest BCUT2D eigenvalue weighted by atomic mass is 32.2. The Hall–Kier alpha value is -2.11. The second-order valence-electron chi connectivity index (χ2n) is 6.82. The molecule has 0 aliphatic rings. The van der Waals surface area contributed by atoms with Gasteiger partial charge in [-0.15, -0.1) is 23.1 Å². The lowest BCUT2D eigenvalue weighted by atomic mass is 10.0. The predicted octanol–water partition coefficient (Wildman–Crippen LogP) is 5.83. The smallest absolute Gasteiger partial charge is 0.255 e. The normalized spacial score (nSPS) is 11.0. The number of thioether (sulfide) groups is 1. The average Bonchev–Trinajstić information content (AvgIpc) is 3.20. The summed E-state index contributed by atoms with van der Waals surface area (Å²) in [5, 5.41) is 2.05. The van der Waals surface area contributed by atoms with E-state index in [1.54, 1.807) is 28.0 Å². The van der Waals surface area contributed by atoms with Crippen LogP contribution < -0.4 is 0 Å². The van der Waals surface area contributed by atoms with Gasteiger partial charge in [0.15, 0.2) is 0 Å². The van der Waals surface area contributed by atoms with Crippen molar-refractivity contribution in [2.45, 2.75) is 37.0 Å². The number of rotatable bonds is 7. The van der Waals surface area contributed by atoms with Crippen molar-refractivity contribution in [3.8, 4) is 0 Å². The molecular formula is C22H24N2OS2. The Morgan fingerprint density at radius 1 is 1.15 bits per heavy atom. The highest BCUT2D eigenvalue weighted by Gasteiger charge is 2.16. The summed E-state index contributed by atoms with van der Waals surface area (Å²) in [6, 6.07) is 16.3. The van der Waals surface area contributed by atoms with Crippen molar-refractivity contribution >= 4 is 29.0 Å². The van der Waals surface area contributed by atoms with Crippen LogP contribution in [-0.4, -0.2) is 22.8 Å². The van der Waals surface area contributed by atoms with Gasteiger partial charge < -0.3 is 4.90 Å². The van der Waals surface area contributed by atoms with Crippen LogP contribution in [0, 0.1) is 0 Å². The molecule has 3 nitrogen and oxygen atoms in total. The number of aromatic nitrogens is 1. The van der Waals surface area contributed by atoms with Crippen LogP contribution in [0.3, 0.4) is 0 Å². The maximum Gasteiger partial charge on any atom is 0.255 e. The Kier molecular flexibility index (Phi) is 6.69. The van der Waals surface area contributed by atoms with Gasteiger partial charge in [-0.2, -0.15) is 0 Å². The zero-order chi connectivity index (χ0) is 19.2. The number of hydrogen-bond donors (Lipinski definition) is 0. The van der Waals surface area contributed by atoms with Gasteiger partial charge in [-0.1, -0.05) is 50.2 Å². The monoisotopic (exact) mass is 396 g/mol. The van der Waals surface area contributed by atoms with Crippen LogP contribution >= 0.6 is 23.1 Å². The summed E-state index contributed by atoms with van der Waals surface area (Å²) in [6.07, 6.45) is 0. The number of amides is 1. The van der Waals surface area contributed by atoms with Gasteiger partial charge in [0.1, 0.15) is 0 Å². The minimum Gasteiger partial charge on any atom is -0.337 e. The molecule has 3 rings (SSSR count). The summed E-state index contributed by atoms with van der Waals surface area (Å²) in [6.45, 7) is 4.97. The third-order valence-corrected chi connectivity index (χ3v) is 6.13. The molecule has 140 valence electrons. The molecule has 0 unspecified atom stereocenters. The molecule has 5 heteroatoms. The molecule has 0 aliphatic heterocycles. The van der Waals surface area contributed by atoms with Crippen LogP contribution in [0.1, 0.15) is 46.9 Å². The first-order valence-corrected chi connectivity index (χ1v) is 10.9. The number of thiazole rings is 1. The zero-order valence-corrected chi connectivity index (χ0v) is 17.5. The number of benzene rings is 2. The van der Waals surface area contributed by atoms with Crippen LogP contribution in [0.2, 0.25) is 0 Å². The molecule has 0 bridgehead atoms. The molecule has 1 heterocycles. The number of nitrogens with zero attached hydrogens (tertiary/aromatic N) is 2. The van der Waals surface area contributed by atoms with E-state index in [2.05, 4.69) is 43.1 Å². The molecule has 2 aromatic carbocycles. The molecule has 0 atom stereocenters. The summed E-state index contributed by atoms with van der Waals surface area (Å²) < 4.78 is 0. The SMILES string of the molecule is CC(C)c1ccc(CN(C)C(=O)c2ccccc2SCc2cscn2)cc1. The molecular weight excluding hydrogens is 372 g/mol. The number of carbonyl (C=O) groups excluding carboxylic acids is 1. The van der Waals surface area contributed by atoms with E-state index in [9.17, 15) is 4.79 Å². The van der Waals surface area contributed by atoms with Crippen molar-refractivity contribution < 1.29 is 4.79 Å².